The van der Waals surface area contributed by atoms with Crippen LogP contribution in [0.4, 0.5) is 0 Å². The van der Waals surface area contributed by atoms with E-state index in [1.165, 1.54) is 0 Å². The molecule has 2 aromatic carbocycles. The van der Waals surface area contributed by atoms with Gasteiger partial charge in [-0.1, -0.05) is 112 Å². The van der Waals surface area contributed by atoms with Crippen molar-refractivity contribution in [1.29, 1.82) is 0 Å². The topological polar surface area (TPSA) is 20.2 Å². The van der Waals surface area contributed by atoms with Gasteiger partial charge in [0.05, 0.1) is 25.1 Å². The number of rotatable bonds is 2. The summed E-state index contributed by atoms with van der Waals surface area (Å²) in [5.41, 5.74) is 2.84. The Balaban J connectivity index is 2.72. The Kier molecular flexibility index (Phi) is 6.67. The van der Waals surface area contributed by atoms with Gasteiger partial charge in [0.25, 0.3) is 0 Å². The number of aromatic hydroxyl groups is 1. The molecule has 0 amide bonds. The molecule has 0 aliphatic rings. The van der Waals surface area contributed by atoms with E-state index in [4.69, 9.17) is 58.0 Å². The molecule has 0 saturated carbocycles. The third-order valence-electron chi connectivity index (χ3n) is 4.47. The van der Waals surface area contributed by atoms with Gasteiger partial charge in [-0.3, -0.25) is 0 Å². The van der Waals surface area contributed by atoms with Crippen LogP contribution in [0.2, 0.25) is 25.1 Å². The SMILES string of the molecule is CC(C)(C)c1cc(Cc2c(Cl)c(Cl)c(Cl)c(Cl)c2Cl)cc(C(C)(C)C)c1O. The van der Waals surface area contributed by atoms with Gasteiger partial charge in [-0.2, -0.15) is 0 Å². The van der Waals surface area contributed by atoms with Crippen LogP contribution in [0.15, 0.2) is 12.1 Å². The van der Waals surface area contributed by atoms with E-state index in [0.29, 0.717) is 27.8 Å². The van der Waals surface area contributed by atoms with Gasteiger partial charge in [-0.05, 0) is 33.1 Å². The van der Waals surface area contributed by atoms with Gasteiger partial charge < -0.3 is 5.11 Å². The van der Waals surface area contributed by atoms with E-state index in [9.17, 15) is 5.11 Å². The van der Waals surface area contributed by atoms with Crippen molar-refractivity contribution in [3.05, 3.63) is 59.5 Å². The molecule has 0 radical (unpaired) electrons. The summed E-state index contributed by atoms with van der Waals surface area (Å²) in [6.45, 7) is 12.4. The van der Waals surface area contributed by atoms with Crippen LogP contribution < -0.4 is 0 Å². The van der Waals surface area contributed by atoms with Crippen LogP contribution in [0.1, 0.15) is 63.8 Å². The zero-order chi connectivity index (χ0) is 20.9. The van der Waals surface area contributed by atoms with E-state index in [1.807, 2.05) is 12.1 Å². The summed E-state index contributed by atoms with van der Waals surface area (Å²) in [6, 6.07) is 3.96. The zero-order valence-electron chi connectivity index (χ0n) is 16.2. The molecule has 148 valence electrons. The molecule has 0 heterocycles. The highest BCUT2D eigenvalue weighted by Gasteiger charge is 2.27. The Morgan fingerprint density at radius 3 is 1.33 bits per heavy atom. The maximum absolute atomic E-state index is 10.9. The van der Waals surface area contributed by atoms with Crippen LogP contribution in [0.25, 0.3) is 0 Å². The van der Waals surface area contributed by atoms with Gasteiger partial charge in [0.15, 0.2) is 0 Å². The quantitative estimate of drug-likeness (QED) is 0.345. The van der Waals surface area contributed by atoms with Gasteiger partial charge in [-0.15, -0.1) is 0 Å². The van der Waals surface area contributed by atoms with Gasteiger partial charge in [0.1, 0.15) is 5.75 Å². The highest BCUT2D eigenvalue weighted by molar-refractivity contribution is 6.55. The first-order valence-corrected chi connectivity index (χ1v) is 10.4. The number of phenolic OH excluding ortho intramolecular Hbond substituents is 1. The number of benzene rings is 2. The second kappa shape index (κ2) is 7.84. The van der Waals surface area contributed by atoms with Crippen LogP contribution in [0.3, 0.4) is 0 Å². The lowest BCUT2D eigenvalue weighted by atomic mass is 9.78. The summed E-state index contributed by atoms with van der Waals surface area (Å²) in [6.07, 6.45) is 0.417. The maximum Gasteiger partial charge on any atom is 0.123 e. The number of hydrogen-bond acceptors (Lipinski definition) is 1. The molecule has 6 heteroatoms. The molecule has 0 aromatic heterocycles. The molecule has 0 atom stereocenters. The van der Waals surface area contributed by atoms with Crippen molar-refractivity contribution in [1.82, 2.24) is 0 Å². The van der Waals surface area contributed by atoms with Gasteiger partial charge >= 0.3 is 0 Å². The molecule has 0 unspecified atom stereocenters. The predicted octanol–water partition coefficient (Wildman–Crippen LogP) is 8.84. The summed E-state index contributed by atoms with van der Waals surface area (Å²) in [5, 5.41) is 12.0. The Bertz CT molecular complexity index is 825. The van der Waals surface area contributed by atoms with Crippen molar-refractivity contribution in [2.24, 2.45) is 0 Å². The number of halogens is 5. The van der Waals surface area contributed by atoms with Crippen LogP contribution >= 0.6 is 58.0 Å². The van der Waals surface area contributed by atoms with Crippen molar-refractivity contribution in [2.45, 2.75) is 58.8 Å². The summed E-state index contributed by atoms with van der Waals surface area (Å²) in [4.78, 5) is 0. The monoisotopic (exact) mass is 466 g/mol. The molecule has 2 aromatic rings. The Morgan fingerprint density at radius 1 is 0.667 bits per heavy atom. The van der Waals surface area contributed by atoms with Crippen molar-refractivity contribution >= 4 is 58.0 Å². The Labute approximate surface area is 186 Å². The van der Waals surface area contributed by atoms with Gasteiger partial charge in [0, 0.05) is 6.42 Å². The minimum atomic E-state index is -0.233. The fourth-order valence-corrected chi connectivity index (χ4v) is 4.26. The highest BCUT2D eigenvalue weighted by atomic mass is 35.5. The number of phenols is 1. The number of hydrogen-bond donors (Lipinski definition) is 1. The molecule has 0 aliphatic carbocycles. The summed E-state index contributed by atoms with van der Waals surface area (Å²) in [5.74, 6) is 0.322. The first kappa shape index (κ1) is 23.0. The van der Waals surface area contributed by atoms with Crippen molar-refractivity contribution in [3.63, 3.8) is 0 Å². The highest BCUT2D eigenvalue weighted by Crippen LogP contribution is 2.46. The molecule has 0 saturated heterocycles. The van der Waals surface area contributed by atoms with E-state index in [2.05, 4.69) is 41.5 Å². The molecule has 0 bridgehead atoms. The molecule has 1 nitrogen and oxygen atoms in total. The average Bonchev–Trinajstić information content (AvgIpc) is 2.54. The van der Waals surface area contributed by atoms with Crippen LogP contribution in [-0.2, 0) is 17.3 Å². The third kappa shape index (κ3) is 4.65. The van der Waals surface area contributed by atoms with Crippen LogP contribution in [-0.4, -0.2) is 5.11 Å². The van der Waals surface area contributed by atoms with E-state index in [-0.39, 0.29) is 25.9 Å². The second-order valence-electron chi connectivity index (χ2n) is 8.76. The second-order valence-corrected chi connectivity index (χ2v) is 10.7. The van der Waals surface area contributed by atoms with E-state index < -0.39 is 0 Å². The van der Waals surface area contributed by atoms with E-state index in [1.54, 1.807) is 0 Å². The minimum absolute atomic E-state index is 0.147. The predicted molar refractivity (Wildman–Crippen MR) is 120 cm³/mol. The third-order valence-corrected chi connectivity index (χ3v) is 6.82. The molecular formula is C21H23Cl5O. The molecule has 27 heavy (non-hydrogen) atoms. The van der Waals surface area contributed by atoms with Crippen LogP contribution in [0.5, 0.6) is 5.75 Å². The van der Waals surface area contributed by atoms with Gasteiger partial charge in [-0.25, -0.2) is 0 Å². The molecule has 0 aliphatic heterocycles. The Hall–Kier alpha value is -0.310. The lowest BCUT2D eigenvalue weighted by Gasteiger charge is -2.28. The van der Waals surface area contributed by atoms with Crippen molar-refractivity contribution in [2.75, 3.05) is 0 Å². The minimum Gasteiger partial charge on any atom is -0.507 e. The lowest BCUT2D eigenvalue weighted by molar-refractivity contribution is 0.423. The molecule has 0 spiro atoms. The first-order chi connectivity index (χ1) is 12.2. The standard InChI is InChI=1S/C21H23Cl5O/c1-20(2,3)12-8-10(9-13(19(12)27)21(4,5)6)7-11-14(22)16(24)18(26)17(25)15(11)23/h8-9,27H,7H2,1-6H3. The van der Waals surface area contributed by atoms with E-state index >= 15 is 0 Å². The normalized spacial score (nSPS) is 12.6. The van der Waals surface area contributed by atoms with Crippen molar-refractivity contribution in [3.8, 4) is 5.75 Å². The average molecular weight is 469 g/mol. The summed E-state index contributed by atoms with van der Waals surface area (Å²) in [7, 11) is 0. The molecule has 1 N–H and O–H groups in total. The molecule has 2 rings (SSSR count). The maximum atomic E-state index is 10.9. The summed E-state index contributed by atoms with van der Waals surface area (Å²) >= 11 is 31.3. The molecule has 0 fully saturated rings. The van der Waals surface area contributed by atoms with Crippen LogP contribution in [0, 0.1) is 0 Å². The summed E-state index contributed by atoms with van der Waals surface area (Å²) < 4.78 is 0. The zero-order valence-corrected chi connectivity index (χ0v) is 20.0. The molecular weight excluding hydrogens is 445 g/mol. The largest absolute Gasteiger partial charge is 0.507 e. The lowest BCUT2D eigenvalue weighted by Crippen LogP contribution is -2.18. The van der Waals surface area contributed by atoms with Gasteiger partial charge in [0.2, 0.25) is 0 Å². The fraction of sp³-hybridized carbons (Fsp3) is 0.429. The van der Waals surface area contributed by atoms with E-state index in [0.717, 1.165) is 16.7 Å². The fourth-order valence-electron chi connectivity index (χ4n) is 2.95. The Morgan fingerprint density at radius 2 is 1.00 bits per heavy atom. The first-order valence-electron chi connectivity index (χ1n) is 8.53. The smallest absolute Gasteiger partial charge is 0.123 e. The van der Waals surface area contributed by atoms with Crippen molar-refractivity contribution < 1.29 is 5.11 Å².